The van der Waals surface area contributed by atoms with Gasteiger partial charge in [0.25, 0.3) is 0 Å². The molecular weight excluding hydrogens is 148 g/mol. The van der Waals surface area contributed by atoms with Gasteiger partial charge in [-0.1, -0.05) is 18.5 Å². The third-order valence-corrected chi connectivity index (χ3v) is 1.66. The van der Waals surface area contributed by atoms with E-state index in [9.17, 15) is 0 Å². The van der Waals surface area contributed by atoms with Crippen LogP contribution in [-0.4, -0.2) is 9.78 Å². The molecule has 0 saturated carbocycles. The minimum atomic E-state index is 0.657. The lowest BCUT2D eigenvalue weighted by atomic mass is 10.3. The highest BCUT2D eigenvalue weighted by Gasteiger charge is 2.02. The van der Waals surface area contributed by atoms with E-state index in [1.54, 1.807) is 4.68 Å². The van der Waals surface area contributed by atoms with E-state index in [-0.39, 0.29) is 0 Å². The second-order valence-corrected chi connectivity index (χ2v) is 2.42. The van der Waals surface area contributed by atoms with Crippen molar-refractivity contribution in [2.75, 3.05) is 0 Å². The molecule has 0 unspecified atom stereocenters. The van der Waals surface area contributed by atoms with Gasteiger partial charge in [0.2, 0.25) is 0 Å². The van der Waals surface area contributed by atoms with Gasteiger partial charge in [-0.25, -0.2) is 0 Å². The van der Waals surface area contributed by atoms with Gasteiger partial charge < -0.3 is 0 Å². The van der Waals surface area contributed by atoms with Gasteiger partial charge in [-0.3, -0.25) is 4.68 Å². The molecule has 0 saturated heterocycles. The van der Waals surface area contributed by atoms with Crippen LogP contribution >= 0.6 is 11.6 Å². The number of rotatable bonds is 2. The number of aromatic nitrogens is 2. The molecule has 0 aliphatic heterocycles. The van der Waals surface area contributed by atoms with Gasteiger partial charge in [0.15, 0.2) is 0 Å². The van der Waals surface area contributed by atoms with Gasteiger partial charge in [0, 0.05) is 6.54 Å². The fourth-order valence-corrected chi connectivity index (χ4v) is 1.04. The number of hydrogen-bond acceptors (Lipinski definition) is 1. The van der Waals surface area contributed by atoms with Crippen LogP contribution in [0.2, 0.25) is 5.02 Å². The topological polar surface area (TPSA) is 17.8 Å². The van der Waals surface area contributed by atoms with Gasteiger partial charge in [-0.05, 0) is 13.3 Å². The van der Waals surface area contributed by atoms with E-state index in [0.29, 0.717) is 5.02 Å². The summed E-state index contributed by atoms with van der Waals surface area (Å²) in [6.07, 6.45) is 3.79. The average molecular weight is 158 g/mol. The zero-order valence-electron chi connectivity index (χ0n) is 6.19. The van der Waals surface area contributed by atoms with Crippen molar-refractivity contribution in [2.45, 2.75) is 26.8 Å². The summed E-state index contributed by atoms with van der Waals surface area (Å²) in [5.74, 6) is 0. The maximum atomic E-state index is 5.78. The zero-order chi connectivity index (χ0) is 7.56. The SMILES string of the molecule is CCc1nn(CC)[c]c1Cl. The molecule has 55 valence electrons. The van der Waals surface area contributed by atoms with E-state index in [2.05, 4.69) is 11.3 Å². The Morgan fingerprint density at radius 1 is 1.60 bits per heavy atom. The Balaban J connectivity index is 2.92. The molecule has 1 aromatic heterocycles. The summed E-state index contributed by atoms with van der Waals surface area (Å²) in [6.45, 7) is 4.88. The molecule has 0 fully saturated rings. The predicted molar refractivity (Wildman–Crippen MR) is 41.1 cm³/mol. The molecule has 0 bridgehead atoms. The molecule has 0 atom stereocenters. The molecule has 0 aliphatic rings. The Bertz CT molecular complexity index is 217. The Morgan fingerprint density at radius 2 is 2.30 bits per heavy atom. The maximum absolute atomic E-state index is 5.78. The van der Waals surface area contributed by atoms with E-state index < -0.39 is 0 Å². The quantitative estimate of drug-likeness (QED) is 0.642. The summed E-state index contributed by atoms with van der Waals surface area (Å²) in [7, 11) is 0. The molecule has 1 radical (unpaired) electrons. The van der Waals surface area contributed by atoms with Gasteiger partial charge in [0.05, 0.1) is 10.7 Å². The molecule has 0 N–H and O–H groups in total. The lowest BCUT2D eigenvalue weighted by Crippen LogP contribution is -1.94. The molecule has 3 heteroatoms. The maximum Gasteiger partial charge on any atom is 0.107 e. The van der Waals surface area contributed by atoms with Crippen LogP contribution in [0.25, 0.3) is 0 Å². The first kappa shape index (κ1) is 7.61. The summed E-state index contributed by atoms with van der Waals surface area (Å²) in [6, 6.07) is 0. The van der Waals surface area contributed by atoms with Crippen LogP contribution in [-0.2, 0) is 13.0 Å². The molecule has 0 aromatic carbocycles. The standard InChI is InChI=1S/C7H10ClN2/c1-3-7-6(8)5-10(4-2)9-7/h3-4H2,1-2H3. The van der Waals surface area contributed by atoms with E-state index >= 15 is 0 Å². The summed E-state index contributed by atoms with van der Waals surface area (Å²) in [5.41, 5.74) is 0.934. The summed E-state index contributed by atoms with van der Waals surface area (Å²) < 4.78 is 1.72. The summed E-state index contributed by atoms with van der Waals surface area (Å²) >= 11 is 5.78. The zero-order valence-corrected chi connectivity index (χ0v) is 6.94. The summed E-state index contributed by atoms with van der Waals surface area (Å²) in [5, 5.41) is 4.83. The monoisotopic (exact) mass is 157 g/mol. The number of aryl methyl sites for hydroxylation is 2. The fourth-order valence-electron chi connectivity index (χ4n) is 0.768. The molecule has 0 spiro atoms. The number of halogens is 1. The third kappa shape index (κ3) is 1.32. The second-order valence-electron chi connectivity index (χ2n) is 2.04. The van der Waals surface area contributed by atoms with Crippen LogP contribution in [0, 0.1) is 6.20 Å². The Hall–Kier alpha value is -0.500. The fraction of sp³-hybridized carbons (Fsp3) is 0.571. The van der Waals surface area contributed by atoms with E-state index in [0.717, 1.165) is 18.7 Å². The minimum absolute atomic E-state index is 0.657. The van der Waals surface area contributed by atoms with E-state index in [1.807, 2.05) is 13.8 Å². The van der Waals surface area contributed by atoms with Gasteiger partial charge in [0.1, 0.15) is 6.20 Å². The Kier molecular flexibility index (Phi) is 2.33. The highest BCUT2D eigenvalue weighted by atomic mass is 35.5. The van der Waals surface area contributed by atoms with Crippen molar-refractivity contribution in [1.82, 2.24) is 9.78 Å². The molecule has 0 amide bonds. The lowest BCUT2D eigenvalue weighted by molar-refractivity contribution is 0.644. The van der Waals surface area contributed by atoms with Crippen LogP contribution in [0.1, 0.15) is 19.5 Å². The van der Waals surface area contributed by atoms with Crippen molar-refractivity contribution in [2.24, 2.45) is 0 Å². The second kappa shape index (κ2) is 3.06. The minimum Gasteiger partial charge on any atom is -0.262 e. The van der Waals surface area contributed by atoms with Crippen molar-refractivity contribution in [3.8, 4) is 0 Å². The van der Waals surface area contributed by atoms with E-state index in [4.69, 9.17) is 11.6 Å². The van der Waals surface area contributed by atoms with Crippen LogP contribution in [0.4, 0.5) is 0 Å². The lowest BCUT2D eigenvalue weighted by Gasteiger charge is -1.89. The third-order valence-electron chi connectivity index (χ3n) is 1.36. The van der Waals surface area contributed by atoms with Crippen LogP contribution in [0.15, 0.2) is 0 Å². The molecule has 1 aromatic rings. The van der Waals surface area contributed by atoms with Crippen LogP contribution in [0.3, 0.4) is 0 Å². The molecule has 1 rings (SSSR count). The highest BCUT2D eigenvalue weighted by Crippen LogP contribution is 2.12. The van der Waals surface area contributed by atoms with Gasteiger partial charge in [-0.15, -0.1) is 0 Å². The molecular formula is C7H10ClN2. The van der Waals surface area contributed by atoms with Crippen LogP contribution in [0.5, 0.6) is 0 Å². The normalized spacial score (nSPS) is 10.3. The predicted octanol–water partition coefficient (Wildman–Crippen LogP) is 1.92. The first-order chi connectivity index (χ1) is 4.77. The first-order valence-electron chi connectivity index (χ1n) is 3.42. The Morgan fingerprint density at radius 3 is 2.60 bits per heavy atom. The number of hydrogen-bond donors (Lipinski definition) is 0. The van der Waals surface area contributed by atoms with Gasteiger partial charge >= 0.3 is 0 Å². The van der Waals surface area contributed by atoms with Crippen molar-refractivity contribution in [1.29, 1.82) is 0 Å². The van der Waals surface area contributed by atoms with Crippen molar-refractivity contribution >= 4 is 11.6 Å². The first-order valence-corrected chi connectivity index (χ1v) is 3.80. The largest absolute Gasteiger partial charge is 0.262 e. The van der Waals surface area contributed by atoms with Crippen LogP contribution < -0.4 is 0 Å². The average Bonchev–Trinajstić information content (AvgIpc) is 2.30. The smallest absolute Gasteiger partial charge is 0.107 e. The van der Waals surface area contributed by atoms with Gasteiger partial charge in [-0.2, -0.15) is 5.10 Å². The van der Waals surface area contributed by atoms with Crippen molar-refractivity contribution in [3.63, 3.8) is 0 Å². The summed E-state index contributed by atoms with van der Waals surface area (Å²) in [4.78, 5) is 0. The molecule has 0 aliphatic carbocycles. The molecule has 1 heterocycles. The van der Waals surface area contributed by atoms with Crippen molar-refractivity contribution in [3.05, 3.63) is 16.9 Å². The van der Waals surface area contributed by atoms with E-state index in [1.165, 1.54) is 0 Å². The molecule has 2 nitrogen and oxygen atoms in total. The number of nitrogens with zero attached hydrogens (tertiary/aromatic N) is 2. The highest BCUT2D eigenvalue weighted by molar-refractivity contribution is 6.30. The molecule has 10 heavy (non-hydrogen) atoms. The van der Waals surface area contributed by atoms with Crippen molar-refractivity contribution < 1.29 is 0 Å². The Labute approximate surface area is 65.8 Å².